The van der Waals surface area contributed by atoms with Crippen LogP contribution in [0.15, 0.2) is 86.3 Å². The third-order valence-corrected chi connectivity index (χ3v) is 4.91. The van der Waals surface area contributed by atoms with Gasteiger partial charge in [0.2, 0.25) is 0 Å². The van der Waals surface area contributed by atoms with Crippen LogP contribution in [0.4, 0.5) is 26.3 Å². The molecular weight excluding hydrogens is 589 g/mol. The van der Waals surface area contributed by atoms with E-state index in [1.807, 2.05) is 0 Å². The Balaban J connectivity index is 0.000000214. The molecule has 0 radical (unpaired) electrons. The summed E-state index contributed by atoms with van der Waals surface area (Å²) in [6.45, 7) is 0. The van der Waals surface area contributed by atoms with Crippen LogP contribution in [-0.4, -0.2) is 29.7 Å². The largest absolute Gasteiger partial charge is 0.488 e. The average Bonchev–Trinajstić information content (AvgIpc) is 3.53. The molecule has 0 bridgehead atoms. The van der Waals surface area contributed by atoms with Crippen molar-refractivity contribution in [3.05, 3.63) is 100 Å². The Bertz CT molecular complexity index is 1310. The molecule has 6 nitrogen and oxygen atoms in total. The molecule has 4 aromatic rings. The van der Waals surface area contributed by atoms with Gasteiger partial charge in [-0.3, -0.25) is 9.59 Å². The number of benzene rings is 2. The van der Waals surface area contributed by atoms with Crippen LogP contribution in [0.25, 0.3) is 11.3 Å². The highest BCUT2D eigenvalue weighted by atomic mass is 79.9. The van der Waals surface area contributed by atoms with Gasteiger partial charge in [0.25, 0.3) is 0 Å². The second-order valence-electron chi connectivity index (χ2n) is 7.15. The molecule has 0 aliphatic rings. The molecule has 0 saturated carbocycles. The highest BCUT2D eigenvalue weighted by Crippen LogP contribution is 2.31. The summed E-state index contributed by atoms with van der Waals surface area (Å²) in [5.41, 5.74) is -1.00. The number of carbonyl (C=O) groups is 2. The van der Waals surface area contributed by atoms with Gasteiger partial charge in [-0.2, -0.15) is 26.3 Å². The van der Waals surface area contributed by atoms with Crippen LogP contribution in [0.5, 0.6) is 0 Å². The summed E-state index contributed by atoms with van der Waals surface area (Å²) in [7, 11) is -1.73. The molecule has 4 rings (SSSR count). The average molecular weight is 605 g/mol. The van der Waals surface area contributed by atoms with Crippen LogP contribution in [0.3, 0.4) is 0 Å². The first-order chi connectivity index (χ1) is 17.7. The number of furan rings is 2. The predicted molar refractivity (Wildman–Crippen MR) is 128 cm³/mol. The first-order valence-corrected chi connectivity index (χ1v) is 11.0. The third-order valence-electron chi connectivity index (χ3n) is 4.49. The Morgan fingerprint density at radius 3 is 1.45 bits per heavy atom. The number of rotatable bonds is 4. The summed E-state index contributed by atoms with van der Waals surface area (Å²) in [6, 6.07) is 14.4. The van der Waals surface area contributed by atoms with E-state index < -0.39 is 30.6 Å². The molecule has 14 heteroatoms. The topological polar surface area (TPSA) is 101 Å². The van der Waals surface area contributed by atoms with Gasteiger partial charge >= 0.3 is 19.5 Å². The molecule has 2 N–H and O–H groups in total. The lowest BCUT2D eigenvalue weighted by molar-refractivity contribution is -0.138. The fourth-order valence-electron chi connectivity index (χ4n) is 2.63. The van der Waals surface area contributed by atoms with Crippen molar-refractivity contribution in [3.8, 4) is 11.3 Å². The molecule has 2 aromatic carbocycles. The molecule has 2 aromatic heterocycles. The first kappa shape index (κ1) is 30.6. The zero-order chi connectivity index (χ0) is 28.5. The molecule has 0 amide bonds. The Labute approximate surface area is 219 Å². The van der Waals surface area contributed by atoms with Crippen molar-refractivity contribution in [2.75, 3.05) is 0 Å². The van der Waals surface area contributed by atoms with Gasteiger partial charge in [-0.25, -0.2) is 0 Å². The Morgan fingerprint density at radius 1 is 0.658 bits per heavy atom. The second-order valence-corrected chi connectivity index (χ2v) is 7.93. The molecule has 200 valence electrons. The van der Waals surface area contributed by atoms with Crippen molar-refractivity contribution in [2.24, 2.45) is 0 Å². The SMILES string of the molecule is O=Cc1ccc(-c2ccc(C(F)(F)F)cc2)o1.O=Cc1ccc(Br)o1.OB(O)c1ccc(C(F)(F)F)cc1. The van der Waals surface area contributed by atoms with Crippen molar-refractivity contribution in [3.63, 3.8) is 0 Å². The van der Waals surface area contributed by atoms with Gasteiger partial charge in [0.15, 0.2) is 28.8 Å². The van der Waals surface area contributed by atoms with E-state index in [4.69, 9.17) is 18.9 Å². The van der Waals surface area contributed by atoms with Crippen LogP contribution in [0.1, 0.15) is 32.2 Å². The Hall–Kier alpha value is -3.62. The maximum atomic E-state index is 12.3. The summed E-state index contributed by atoms with van der Waals surface area (Å²) in [4.78, 5) is 20.3. The van der Waals surface area contributed by atoms with Gasteiger partial charge in [-0.05, 0) is 57.8 Å². The number of alkyl halides is 6. The molecule has 0 aliphatic carbocycles. The van der Waals surface area contributed by atoms with E-state index in [1.165, 1.54) is 24.3 Å². The summed E-state index contributed by atoms with van der Waals surface area (Å²) < 4.78 is 83.4. The van der Waals surface area contributed by atoms with Gasteiger partial charge < -0.3 is 18.9 Å². The van der Waals surface area contributed by atoms with Crippen molar-refractivity contribution >= 4 is 41.1 Å². The first-order valence-electron chi connectivity index (χ1n) is 10.2. The zero-order valence-corrected chi connectivity index (χ0v) is 20.4. The van der Waals surface area contributed by atoms with E-state index in [0.29, 0.717) is 34.3 Å². The van der Waals surface area contributed by atoms with E-state index >= 15 is 0 Å². The molecular formula is C24H16BBrF6O6. The molecule has 2 heterocycles. The fourth-order valence-corrected chi connectivity index (χ4v) is 2.95. The van der Waals surface area contributed by atoms with E-state index in [-0.39, 0.29) is 11.2 Å². The van der Waals surface area contributed by atoms with Crippen LogP contribution in [0.2, 0.25) is 0 Å². The fraction of sp³-hybridized carbons (Fsp3) is 0.0833. The number of hydrogen-bond acceptors (Lipinski definition) is 6. The van der Waals surface area contributed by atoms with Crippen molar-refractivity contribution in [1.29, 1.82) is 0 Å². The van der Waals surface area contributed by atoms with E-state index in [0.717, 1.165) is 36.4 Å². The normalized spacial score (nSPS) is 11.0. The van der Waals surface area contributed by atoms with Crippen molar-refractivity contribution in [2.45, 2.75) is 12.4 Å². The molecule has 0 saturated heterocycles. The lowest BCUT2D eigenvalue weighted by Crippen LogP contribution is -2.29. The predicted octanol–water partition coefficient (Wildman–Crippen LogP) is 6.02. The van der Waals surface area contributed by atoms with Crippen molar-refractivity contribution in [1.82, 2.24) is 0 Å². The molecule has 0 spiro atoms. The minimum Gasteiger partial charge on any atom is -0.453 e. The number of aldehydes is 2. The maximum Gasteiger partial charge on any atom is 0.488 e. The molecule has 0 unspecified atom stereocenters. The van der Waals surface area contributed by atoms with Crippen LogP contribution >= 0.6 is 15.9 Å². The molecule has 38 heavy (non-hydrogen) atoms. The van der Waals surface area contributed by atoms with E-state index in [2.05, 4.69) is 15.9 Å². The maximum absolute atomic E-state index is 12.3. The summed E-state index contributed by atoms with van der Waals surface area (Å²) in [5, 5.41) is 17.2. The second kappa shape index (κ2) is 13.3. The standard InChI is InChI=1S/C12H7F3O2.C7H6BF3O2.C5H3BrO2/c13-12(14,15)9-3-1-8(2-4-9)11-6-5-10(7-16)17-11;9-7(10,11)5-1-3-6(4-2-5)8(12)13;6-5-2-1-4(3-7)8-5/h1-7H;1-4,12-13H;1-3H. The smallest absolute Gasteiger partial charge is 0.453 e. The van der Waals surface area contributed by atoms with E-state index in [9.17, 15) is 35.9 Å². The zero-order valence-electron chi connectivity index (χ0n) is 18.8. The van der Waals surface area contributed by atoms with Gasteiger partial charge in [-0.15, -0.1) is 0 Å². The van der Waals surface area contributed by atoms with Gasteiger partial charge in [0.05, 0.1) is 11.1 Å². The molecule has 0 atom stereocenters. The number of carbonyl (C=O) groups excluding carboxylic acids is 2. The van der Waals surface area contributed by atoms with E-state index in [1.54, 1.807) is 12.1 Å². The van der Waals surface area contributed by atoms with Gasteiger partial charge in [0, 0.05) is 5.56 Å². The summed E-state index contributed by atoms with van der Waals surface area (Å²) >= 11 is 3.05. The van der Waals surface area contributed by atoms with Crippen molar-refractivity contribution < 1.29 is 54.8 Å². The van der Waals surface area contributed by atoms with Crippen LogP contribution < -0.4 is 5.46 Å². The quantitative estimate of drug-likeness (QED) is 0.168. The lowest BCUT2D eigenvalue weighted by atomic mass is 9.80. The Morgan fingerprint density at radius 2 is 1.11 bits per heavy atom. The van der Waals surface area contributed by atoms with Gasteiger partial charge in [0.1, 0.15) is 5.76 Å². The van der Waals surface area contributed by atoms with Gasteiger partial charge in [-0.1, -0.05) is 36.4 Å². The summed E-state index contributed by atoms with van der Waals surface area (Å²) in [6.07, 6.45) is -7.55. The number of halogens is 7. The highest BCUT2D eigenvalue weighted by Gasteiger charge is 2.31. The molecule has 0 aliphatic heterocycles. The number of hydrogen-bond donors (Lipinski definition) is 2. The lowest BCUT2D eigenvalue weighted by Gasteiger charge is -2.06. The minimum atomic E-state index is -4.39. The minimum absolute atomic E-state index is 0.0352. The third kappa shape index (κ3) is 9.36. The van der Waals surface area contributed by atoms with Crippen LogP contribution in [-0.2, 0) is 12.4 Å². The molecule has 0 fully saturated rings. The monoisotopic (exact) mass is 604 g/mol. The van der Waals surface area contributed by atoms with Crippen LogP contribution in [0, 0.1) is 0 Å². The highest BCUT2D eigenvalue weighted by molar-refractivity contribution is 9.10. The summed E-state index contributed by atoms with van der Waals surface area (Å²) in [5.74, 6) is 0.845. The Kier molecular flexibility index (Phi) is 10.7.